The lowest BCUT2D eigenvalue weighted by atomic mass is 9.96. The quantitative estimate of drug-likeness (QED) is 0.202. The number of nitrogens with zero attached hydrogens (tertiary/aromatic N) is 2. The molecule has 8 aromatic rings. The monoisotopic (exact) mass is 647 g/mol. The highest BCUT2D eigenvalue weighted by molar-refractivity contribution is 8.03. The minimum Gasteiger partial charge on any atom is -0.455 e. The van der Waals surface area contributed by atoms with Gasteiger partial charge >= 0.3 is 0 Å². The molecule has 0 bridgehead atoms. The van der Waals surface area contributed by atoms with Crippen LogP contribution in [0.3, 0.4) is 0 Å². The Labute approximate surface area is 288 Å². The van der Waals surface area contributed by atoms with Crippen molar-refractivity contribution in [1.82, 2.24) is 5.32 Å². The van der Waals surface area contributed by atoms with E-state index in [9.17, 15) is 0 Å². The van der Waals surface area contributed by atoms with Gasteiger partial charge in [-0.05, 0) is 59.5 Å². The van der Waals surface area contributed by atoms with E-state index >= 15 is 0 Å². The van der Waals surface area contributed by atoms with Crippen LogP contribution in [0.1, 0.15) is 22.7 Å². The Hall–Kier alpha value is -6.04. The second-order valence-electron chi connectivity index (χ2n) is 12.4. The van der Waals surface area contributed by atoms with Crippen LogP contribution in [0.5, 0.6) is 0 Å². The van der Waals surface area contributed by atoms with Crippen molar-refractivity contribution >= 4 is 73.1 Å². The summed E-state index contributed by atoms with van der Waals surface area (Å²) in [5.74, 6) is 0.850. The fraction of sp³-hybridized carbons (Fsp3) is 0.0227. The highest BCUT2D eigenvalue weighted by Gasteiger charge is 2.36. The van der Waals surface area contributed by atoms with E-state index < -0.39 is 0 Å². The maximum Gasteiger partial charge on any atom is 0.143 e. The smallest absolute Gasteiger partial charge is 0.143 e. The summed E-state index contributed by atoms with van der Waals surface area (Å²) >= 11 is 1.82. The van der Waals surface area contributed by atoms with Gasteiger partial charge in [0.1, 0.15) is 17.0 Å². The van der Waals surface area contributed by atoms with Crippen LogP contribution in [0, 0.1) is 0 Å². The molecule has 10 rings (SSSR count). The van der Waals surface area contributed by atoms with Crippen molar-refractivity contribution in [2.24, 2.45) is 4.99 Å². The zero-order valence-corrected chi connectivity index (χ0v) is 27.2. The van der Waals surface area contributed by atoms with Gasteiger partial charge in [0.25, 0.3) is 0 Å². The third kappa shape index (κ3) is 4.58. The molecule has 1 aromatic heterocycles. The number of amidine groups is 1. The Balaban J connectivity index is 1.20. The summed E-state index contributed by atoms with van der Waals surface area (Å²) in [6, 6.07) is 57.5. The standard InChI is InChI=1S/C44H29N3OS/c1-4-14-28(15-5-1)40-43-41(35-22-12-13-23-38(35)49-43)46-44(45-40)36-26-29-16-10-11-21-33(29)42-39(36)34-25-24-32(27-37(34)48-42)47(30-17-6-2-7-18-30)31-19-8-3-9-20-31/h1-27,41H,(H,45,46). The molecule has 1 N–H and O–H groups in total. The molecule has 1 unspecified atom stereocenters. The molecule has 0 saturated carbocycles. The van der Waals surface area contributed by atoms with Gasteiger partial charge in [-0.1, -0.05) is 121 Å². The van der Waals surface area contributed by atoms with Crippen molar-refractivity contribution in [1.29, 1.82) is 0 Å². The average Bonchev–Trinajstić information content (AvgIpc) is 3.74. The van der Waals surface area contributed by atoms with Crippen molar-refractivity contribution in [3.8, 4) is 0 Å². The number of hydrogen-bond acceptors (Lipinski definition) is 5. The summed E-state index contributed by atoms with van der Waals surface area (Å²) in [6.45, 7) is 0. The van der Waals surface area contributed by atoms with Crippen molar-refractivity contribution < 1.29 is 4.42 Å². The van der Waals surface area contributed by atoms with Gasteiger partial charge in [0.05, 0.1) is 11.7 Å². The lowest BCUT2D eigenvalue weighted by molar-refractivity contribution is 0.672. The summed E-state index contributed by atoms with van der Waals surface area (Å²) in [6.07, 6.45) is 0. The first-order valence-corrected chi connectivity index (χ1v) is 17.3. The second kappa shape index (κ2) is 11.3. The van der Waals surface area contributed by atoms with Crippen LogP contribution in [-0.4, -0.2) is 5.84 Å². The molecule has 0 radical (unpaired) electrons. The fourth-order valence-electron chi connectivity index (χ4n) is 7.26. The Kier molecular flexibility index (Phi) is 6.46. The van der Waals surface area contributed by atoms with E-state index in [1.54, 1.807) is 0 Å². The number of aliphatic imine (C=N–C) groups is 1. The molecule has 232 valence electrons. The van der Waals surface area contributed by atoms with Crippen LogP contribution in [0.15, 0.2) is 183 Å². The minimum absolute atomic E-state index is 0.0143. The van der Waals surface area contributed by atoms with Gasteiger partial charge in [0.2, 0.25) is 0 Å². The molecule has 0 amide bonds. The van der Waals surface area contributed by atoms with Crippen LogP contribution in [0.2, 0.25) is 0 Å². The zero-order chi connectivity index (χ0) is 32.3. The van der Waals surface area contributed by atoms with Crippen LogP contribution < -0.4 is 10.2 Å². The maximum absolute atomic E-state index is 6.89. The Bertz CT molecular complexity index is 2570. The lowest BCUT2D eigenvalue weighted by Crippen LogP contribution is -2.32. The van der Waals surface area contributed by atoms with Crippen LogP contribution in [0.25, 0.3) is 38.4 Å². The molecule has 0 fully saturated rings. The zero-order valence-electron chi connectivity index (χ0n) is 26.4. The molecular weight excluding hydrogens is 619 g/mol. The van der Waals surface area contributed by atoms with Gasteiger partial charge < -0.3 is 14.6 Å². The van der Waals surface area contributed by atoms with E-state index in [0.29, 0.717) is 0 Å². The predicted octanol–water partition coefficient (Wildman–Crippen LogP) is 11.8. The average molecular weight is 648 g/mol. The molecule has 0 saturated heterocycles. The molecular formula is C44H29N3OS. The van der Waals surface area contributed by atoms with Gasteiger partial charge in [0, 0.05) is 60.2 Å². The largest absolute Gasteiger partial charge is 0.455 e. The molecule has 4 nitrogen and oxygen atoms in total. The number of hydrogen-bond donors (Lipinski definition) is 1. The number of anilines is 3. The van der Waals surface area contributed by atoms with Gasteiger partial charge in [-0.15, -0.1) is 0 Å². The summed E-state index contributed by atoms with van der Waals surface area (Å²) in [4.78, 5) is 10.2. The Morgan fingerprint density at radius 1 is 0.612 bits per heavy atom. The van der Waals surface area contributed by atoms with E-state index in [1.165, 1.54) is 15.4 Å². The van der Waals surface area contributed by atoms with E-state index in [4.69, 9.17) is 9.41 Å². The summed E-state index contributed by atoms with van der Waals surface area (Å²) in [7, 11) is 0. The number of nitrogens with one attached hydrogen (secondary N) is 1. The minimum atomic E-state index is 0.0143. The van der Waals surface area contributed by atoms with Crippen LogP contribution in [-0.2, 0) is 0 Å². The fourth-order valence-corrected chi connectivity index (χ4v) is 8.51. The number of fused-ring (bicyclic) bond motifs is 8. The van der Waals surface area contributed by atoms with Crippen molar-refractivity contribution in [3.05, 3.63) is 185 Å². The molecule has 5 heteroatoms. The molecule has 7 aromatic carbocycles. The number of benzene rings is 7. The van der Waals surface area contributed by atoms with Crippen LogP contribution in [0.4, 0.5) is 17.1 Å². The lowest BCUT2D eigenvalue weighted by Gasteiger charge is -2.26. The molecule has 2 aliphatic heterocycles. The summed E-state index contributed by atoms with van der Waals surface area (Å²) in [5, 5.41) is 8.21. The Morgan fingerprint density at radius 2 is 1.29 bits per heavy atom. The predicted molar refractivity (Wildman–Crippen MR) is 204 cm³/mol. The third-order valence-electron chi connectivity index (χ3n) is 9.49. The summed E-state index contributed by atoms with van der Waals surface area (Å²) < 4.78 is 6.89. The first-order valence-electron chi connectivity index (χ1n) is 16.5. The van der Waals surface area contributed by atoms with Gasteiger partial charge in [-0.3, -0.25) is 0 Å². The first-order chi connectivity index (χ1) is 24.3. The topological polar surface area (TPSA) is 40.8 Å². The first kappa shape index (κ1) is 28.0. The van der Waals surface area contributed by atoms with Crippen LogP contribution >= 0.6 is 11.8 Å². The molecule has 0 spiro atoms. The maximum atomic E-state index is 6.89. The number of thioether (sulfide) groups is 1. The number of para-hydroxylation sites is 2. The van der Waals surface area contributed by atoms with Gasteiger partial charge in [0.15, 0.2) is 0 Å². The van der Waals surface area contributed by atoms with E-state index in [0.717, 1.165) is 72.4 Å². The van der Waals surface area contributed by atoms with Gasteiger partial charge in [-0.25, -0.2) is 4.99 Å². The number of furan rings is 1. The molecule has 0 aliphatic carbocycles. The molecule has 1 atom stereocenters. The van der Waals surface area contributed by atoms with Crippen molar-refractivity contribution in [2.45, 2.75) is 10.9 Å². The van der Waals surface area contributed by atoms with Crippen molar-refractivity contribution in [2.75, 3.05) is 4.90 Å². The molecule has 2 aliphatic rings. The summed E-state index contributed by atoms with van der Waals surface area (Å²) in [5.41, 5.74) is 9.34. The molecule has 49 heavy (non-hydrogen) atoms. The highest BCUT2D eigenvalue weighted by atomic mass is 32.2. The van der Waals surface area contributed by atoms with E-state index in [-0.39, 0.29) is 6.04 Å². The SMILES string of the molecule is c1ccc(C2=C3Sc4ccccc4C3NC(c3cc4ccccc4c4oc5cc(N(c6ccccc6)c6ccccc6)ccc5c34)=N2)cc1. The highest BCUT2D eigenvalue weighted by Crippen LogP contribution is 2.52. The van der Waals surface area contributed by atoms with E-state index in [2.05, 4.69) is 162 Å². The van der Waals surface area contributed by atoms with E-state index in [1.807, 2.05) is 23.9 Å². The Morgan fingerprint density at radius 3 is 2.06 bits per heavy atom. The third-order valence-corrected chi connectivity index (χ3v) is 10.7. The number of rotatable bonds is 5. The van der Waals surface area contributed by atoms with Crippen molar-refractivity contribution in [3.63, 3.8) is 0 Å². The molecule has 3 heterocycles. The second-order valence-corrected chi connectivity index (χ2v) is 13.5. The normalized spacial score (nSPS) is 15.3. The van der Waals surface area contributed by atoms with Gasteiger partial charge in [-0.2, -0.15) is 0 Å².